The molecule has 1 aromatic heterocycles. The maximum Gasteiger partial charge on any atom is 0.248 e. The van der Waals surface area contributed by atoms with E-state index in [2.05, 4.69) is 14.9 Å². The number of hydrogen-bond acceptors (Lipinski definition) is 6. The van der Waals surface area contributed by atoms with Gasteiger partial charge >= 0.3 is 0 Å². The van der Waals surface area contributed by atoms with Crippen molar-refractivity contribution in [3.63, 3.8) is 0 Å². The van der Waals surface area contributed by atoms with E-state index in [9.17, 15) is 4.79 Å². The van der Waals surface area contributed by atoms with Gasteiger partial charge in [0.05, 0.1) is 18.3 Å². The molecule has 1 spiro atoms. The van der Waals surface area contributed by atoms with E-state index in [0.29, 0.717) is 6.61 Å². The third-order valence-electron chi connectivity index (χ3n) is 4.63. The Labute approximate surface area is 136 Å². The molecule has 2 saturated heterocycles. The standard InChI is InChI=1S/C16H24N4O3/c1-19(2)14(21)12-22-13-10-16(23-11-13)4-8-20(9-5-16)15-17-6-3-7-18-15/h3,6-7,13H,4-5,8-12H2,1-2H3/t13-/m0/s1. The van der Waals surface area contributed by atoms with Crippen LogP contribution in [-0.4, -0.2) is 72.9 Å². The molecular formula is C16H24N4O3. The van der Waals surface area contributed by atoms with Gasteiger partial charge in [0.15, 0.2) is 0 Å². The fourth-order valence-electron chi connectivity index (χ4n) is 3.14. The van der Waals surface area contributed by atoms with E-state index in [0.717, 1.165) is 38.3 Å². The fourth-order valence-corrected chi connectivity index (χ4v) is 3.14. The maximum absolute atomic E-state index is 11.6. The lowest BCUT2D eigenvalue weighted by molar-refractivity contribution is -0.135. The number of nitrogens with zero attached hydrogens (tertiary/aromatic N) is 4. The van der Waals surface area contributed by atoms with Crippen LogP contribution in [0.5, 0.6) is 0 Å². The van der Waals surface area contributed by atoms with Gasteiger partial charge in [0, 0.05) is 46.0 Å². The number of likely N-dealkylation sites (N-methyl/N-ethyl adjacent to an activating group) is 1. The first kappa shape index (κ1) is 16.1. The molecule has 2 fully saturated rings. The molecule has 7 nitrogen and oxygen atoms in total. The van der Waals surface area contributed by atoms with Gasteiger partial charge in [0.2, 0.25) is 11.9 Å². The van der Waals surface area contributed by atoms with Crippen molar-refractivity contribution in [2.45, 2.75) is 31.0 Å². The highest BCUT2D eigenvalue weighted by Crippen LogP contribution is 2.37. The van der Waals surface area contributed by atoms with Gasteiger partial charge < -0.3 is 19.3 Å². The summed E-state index contributed by atoms with van der Waals surface area (Å²) in [6, 6.07) is 1.83. The normalized spacial score (nSPS) is 23.2. The molecule has 3 heterocycles. The van der Waals surface area contributed by atoms with E-state index in [1.807, 2.05) is 6.07 Å². The van der Waals surface area contributed by atoms with Crippen LogP contribution < -0.4 is 4.90 Å². The fraction of sp³-hybridized carbons (Fsp3) is 0.688. The van der Waals surface area contributed by atoms with E-state index in [4.69, 9.17) is 9.47 Å². The summed E-state index contributed by atoms with van der Waals surface area (Å²) < 4.78 is 11.8. The number of carbonyl (C=O) groups is 1. The van der Waals surface area contributed by atoms with Gasteiger partial charge in [0.1, 0.15) is 6.61 Å². The van der Waals surface area contributed by atoms with Crippen LogP contribution in [0.4, 0.5) is 5.95 Å². The monoisotopic (exact) mass is 320 g/mol. The lowest BCUT2D eigenvalue weighted by Crippen LogP contribution is -2.45. The molecule has 126 valence electrons. The number of anilines is 1. The molecule has 0 aromatic carbocycles. The summed E-state index contributed by atoms with van der Waals surface area (Å²) in [6.45, 7) is 2.46. The molecule has 2 aliphatic rings. The van der Waals surface area contributed by atoms with Crippen LogP contribution in [0.25, 0.3) is 0 Å². The van der Waals surface area contributed by atoms with E-state index < -0.39 is 0 Å². The highest BCUT2D eigenvalue weighted by Gasteiger charge is 2.43. The Balaban J connectivity index is 1.48. The Bertz CT molecular complexity index is 529. The van der Waals surface area contributed by atoms with Gasteiger partial charge in [-0.05, 0) is 18.9 Å². The second kappa shape index (κ2) is 6.80. The summed E-state index contributed by atoms with van der Waals surface area (Å²) in [5.74, 6) is 0.770. The summed E-state index contributed by atoms with van der Waals surface area (Å²) in [6.07, 6.45) is 6.28. The molecule has 0 bridgehead atoms. The van der Waals surface area contributed by atoms with Gasteiger partial charge in [-0.2, -0.15) is 0 Å². The average Bonchev–Trinajstić information content (AvgIpc) is 2.97. The number of carbonyl (C=O) groups excluding carboxylic acids is 1. The second-order valence-corrected chi connectivity index (χ2v) is 6.46. The van der Waals surface area contributed by atoms with Crippen LogP contribution in [0.2, 0.25) is 0 Å². The third kappa shape index (κ3) is 3.79. The maximum atomic E-state index is 11.6. The number of amides is 1. The summed E-state index contributed by atoms with van der Waals surface area (Å²) in [5.41, 5.74) is -0.114. The van der Waals surface area contributed by atoms with Crippen LogP contribution in [0.15, 0.2) is 18.5 Å². The predicted octanol–water partition coefficient (Wildman–Crippen LogP) is 0.709. The SMILES string of the molecule is CN(C)C(=O)CO[C@@H]1COC2(CCN(c3ncccn3)CC2)C1. The Morgan fingerprint density at radius 1 is 1.39 bits per heavy atom. The molecule has 2 aliphatic heterocycles. The topological polar surface area (TPSA) is 67.8 Å². The van der Waals surface area contributed by atoms with Crippen molar-refractivity contribution in [2.24, 2.45) is 0 Å². The molecule has 0 aliphatic carbocycles. The Morgan fingerprint density at radius 3 is 2.74 bits per heavy atom. The zero-order valence-electron chi connectivity index (χ0n) is 13.8. The lowest BCUT2D eigenvalue weighted by atomic mass is 9.88. The Hall–Kier alpha value is -1.73. The number of hydrogen-bond donors (Lipinski definition) is 0. The van der Waals surface area contributed by atoms with Crippen LogP contribution >= 0.6 is 0 Å². The molecule has 0 radical (unpaired) electrons. The van der Waals surface area contributed by atoms with Gasteiger partial charge in [-0.3, -0.25) is 4.79 Å². The quantitative estimate of drug-likeness (QED) is 0.814. The molecule has 1 atom stereocenters. The molecule has 1 aromatic rings. The second-order valence-electron chi connectivity index (χ2n) is 6.46. The molecule has 0 N–H and O–H groups in total. The van der Waals surface area contributed by atoms with Crippen molar-refractivity contribution >= 4 is 11.9 Å². The van der Waals surface area contributed by atoms with Crippen molar-refractivity contribution in [1.82, 2.24) is 14.9 Å². The molecule has 1 amide bonds. The smallest absolute Gasteiger partial charge is 0.248 e. The highest BCUT2D eigenvalue weighted by atomic mass is 16.6. The van der Waals surface area contributed by atoms with E-state index >= 15 is 0 Å². The van der Waals surface area contributed by atoms with Crippen molar-refractivity contribution in [3.05, 3.63) is 18.5 Å². The predicted molar refractivity (Wildman–Crippen MR) is 85.2 cm³/mol. The molecule has 0 saturated carbocycles. The molecule has 7 heteroatoms. The van der Waals surface area contributed by atoms with E-state index in [-0.39, 0.29) is 24.2 Å². The summed E-state index contributed by atoms with van der Waals surface area (Å²) in [4.78, 5) is 24.0. The number of piperidine rings is 1. The first-order valence-corrected chi connectivity index (χ1v) is 8.06. The molecule has 3 rings (SSSR count). The van der Waals surface area contributed by atoms with Gasteiger partial charge in [0.25, 0.3) is 0 Å². The van der Waals surface area contributed by atoms with Crippen LogP contribution in [0, 0.1) is 0 Å². The van der Waals surface area contributed by atoms with Crippen LogP contribution in [-0.2, 0) is 14.3 Å². The van der Waals surface area contributed by atoms with Crippen molar-refractivity contribution in [3.8, 4) is 0 Å². The van der Waals surface area contributed by atoms with Crippen LogP contribution in [0.3, 0.4) is 0 Å². The Kier molecular flexibility index (Phi) is 4.77. The van der Waals surface area contributed by atoms with Gasteiger partial charge in [-0.25, -0.2) is 9.97 Å². The highest BCUT2D eigenvalue weighted by molar-refractivity contribution is 5.76. The molecule has 0 unspecified atom stereocenters. The molecular weight excluding hydrogens is 296 g/mol. The largest absolute Gasteiger partial charge is 0.372 e. The first-order chi connectivity index (χ1) is 11.1. The minimum absolute atomic E-state index is 0.0120. The zero-order valence-corrected chi connectivity index (χ0v) is 13.8. The average molecular weight is 320 g/mol. The summed E-state index contributed by atoms with van der Waals surface area (Å²) in [7, 11) is 3.47. The van der Waals surface area contributed by atoms with E-state index in [1.165, 1.54) is 0 Å². The number of rotatable bonds is 4. The summed E-state index contributed by atoms with van der Waals surface area (Å²) in [5, 5.41) is 0. The Morgan fingerprint density at radius 2 is 2.09 bits per heavy atom. The van der Waals surface area contributed by atoms with Gasteiger partial charge in [-0.1, -0.05) is 0 Å². The zero-order chi connectivity index (χ0) is 16.3. The lowest BCUT2D eigenvalue weighted by Gasteiger charge is -2.38. The summed E-state index contributed by atoms with van der Waals surface area (Å²) >= 11 is 0. The minimum atomic E-state index is -0.114. The number of aromatic nitrogens is 2. The minimum Gasteiger partial charge on any atom is -0.372 e. The first-order valence-electron chi connectivity index (χ1n) is 8.06. The van der Waals surface area contributed by atoms with Crippen molar-refractivity contribution < 1.29 is 14.3 Å². The third-order valence-corrected chi connectivity index (χ3v) is 4.63. The number of ether oxygens (including phenoxy) is 2. The van der Waals surface area contributed by atoms with Crippen molar-refractivity contribution in [2.75, 3.05) is 45.3 Å². The van der Waals surface area contributed by atoms with Crippen LogP contribution in [0.1, 0.15) is 19.3 Å². The molecule has 23 heavy (non-hydrogen) atoms. The van der Waals surface area contributed by atoms with E-state index in [1.54, 1.807) is 31.4 Å². The van der Waals surface area contributed by atoms with Gasteiger partial charge in [-0.15, -0.1) is 0 Å². The van der Waals surface area contributed by atoms with Crippen molar-refractivity contribution in [1.29, 1.82) is 0 Å².